The summed E-state index contributed by atoms with van der Waals surface area (Å²) in [5, 5.41) is 2.02. The number of aromatic nitrogens is 3. The number of fused-ring (bicyclic) bond motifs is 1. The second-order valence-electron chi connectivity index (χ2n) is 3.29. The molecule has 0 aromatic carbocycles. The summed E-state index contributed by atoms with van der Waals surface area (Å²) in [5.41, 5.74) is 1.60. The molecule has 0 aliphatic heterocycles. The maximum atomic E-state index is 5.06. The van der Waals surface area contributed by atoms with Gasteiger partial charge in [0.2, 0.25) is 5.88 Å². The number of nitrogens with one attached hydrogen (secondary N) is 1. The van der Waals surface area contributed by atoms with Crippen LogP contribution < -0.4 is 4.74 Å². The number of imidazole rings is 1. The molecule has 0 fully saturated rings. The first-order valence-corrected chi connectivity index (χ1v) is 5.69. The van der Waals surface area contributed by atoms with E-state index in [0.29, 0.717) is 11.5 Å². The van der Waals surface area contributed by atoms with Gasteiger partial charge in [-0.25, -0.2) is 4.98 Å². The fraction of sp³-hybridized carbons (Fsp3) is 0.0909. The van der Waals surface area contributed by atoms with E-state index in [1.165, 1.54) is 0 Å². The highest BCUT2D eigenvalue weighted by atomic mass is 32.1. The first kappa shape index (κ1) is 9.35. The lowest BCUT2D eigenvalue weighted by Crippen LogP contribution is -1.86. The van der Waals surface area contributed by atoms with E-state index in [1.807, 2.05) is 29.6 Å². The SMILES string of the molecule is COc1ccc2[nH]c(-c3cccs3)nc2n1. The molecule has 0 bridgehead atoms. The third-order valence-corrected chi connectivity index (χ3v) is 3.16. The average Bonchev–Trinajstić information content (AvgIpc) is 2.96. The summed E-state index contributed by atoms with van der Waals surface area (Å²) in [5.74, 6) is 1.43. The molecular formula is C11H9N3OS. The van der Waals surface area contributed by atoms with Crippen molar-refractivity contribution >= 4 is 22.5 Å². The standard InChI is InChI=1S/C11H9N3OS/c1-15-9-5-4-7-10(13-9)14-11(12-7)8-3-2-6-16-8/h2-6H,1H3,(H,12,13,14). The minimum absolute atomic E-state index is 0.580. The zero-order chi connectivity index (χ0) is 11.0. The highest BCUT2D eigenvalue weighted by Gasteiger charge is 2.07. The molecule has 0 radical (unpaired) electrons. The smallest absolute Gasteiger partial charge is 0.215 e. The fourth-order valence-electron chi connectivity index (χ4n) is 1.52. The van der Waals surface area contributed by atoms with E-state index in [1.54, 1.807) is 18.4 Å². The molecule has 3 aromatic heterocycles. The molecule has 0 amide bonds. The number of hydrogen-bond acceptors (Lipinski definition) is 4. The van der Waals surface area contributed by atoms with Crippen molar-refractivity contribution in [3.8, 4) is 16.6 Å². The second kappa shape index (κ2) is 3.61. The highest BCUT2D eigenvalue weighted by Crippen LogP contribution is 2.24. The Morgan fingerprint density at radius 1 is 1.25 bits per heavy atom. The zero-order valence-electron chi connectivity index (χ0n) is 8.60. The Morgan fingerprint density at radius 2 is 2.19 bits per heavy atom. The Kier molecular flexibility index (Phi) is 2.11. The molecule has 0 unspecified atom stereocenters. The molecule has 0 saturated carbocycles. The number of aromatic amines is 1. The lowest BCUT2D eigenvalue weighted by Gasteiger charge is -1.95. The van der Waals surface area contributed by atoms with Gasteiger partial charge < -0.3 is 9.72 Å². The largest absolute Gasteiger partial charge is 0.481 e. The number of pyridine rings is 1. The quantitative estimate of drug-likeness (QED) is 0.737. The highest BCUT2D eigenvalue weighted by molar-refractivity contribution is 7.13. The maximum absolute atomic E-state index is 5.06. The Bertz CT molecular complexity index is 615. The Morgan fingerprint density at radius 3 is 2.94 bits per heavy atom. The number of methoxy groups -OCH3 is 1. The lowest BCUT2D eigenvalue weighted by atomic mass is 10.4. The van der Waals surface area contributed by atoms with Gasteiger partial charge in [0.05, 0.1) is 17.5 Å². The van der Waals surface area contributed by atoms with E-state index < -0.39 is 0 Å². The van der Waals surface area contributed by atoms with Gasteiger partial charge in [-0.05, 0) is 17.5 Å². The Hall–Kier alpha value is -1.88. The molecule has 16 heavy (non-hydrogen) atoms. The van der Waals surface area contributed by atoms with Crippen LogP contribution in [0, 0.1) is 0 Å². The zero-order valence-corrected chi connectivity index (χ0v) is 9.41. The van der Waals surface area contributed by atoms with E-state index in [4.69, 9.17) is 4.74 Å². The van der Waals surface area contributed by atoms with E-state index in [-0.39, 0.29) is 0 Å². The predicted molar refractivity (Wildman–Crippen MR) is 63.8 cm³/mol. The van der Waals surface area contributed by atoms with Gasteiger partial charge in [0.15, 0.2) is 11.5 Å². The Labute approximate surface area is 95.9 Å². The summed E-state index contributed by atoms with van der Waals surface area (Å²) in [4.78, 5) is 13.0. The van der Waals surface area contributed by atoms with E-state index >= 15 is 0 Å². The second-order valence-corrected chi connectivity index (χ2v) is 4.24. The van der Waals surface area contributed by atoms with Crippen LogP contribution in [-0.4, -0.2) is 22.1 Å². The van der Waals surface area contributed by atoms with Gasteiger partial charge in [0, 0.05) is 6.07 Å². The van der Waals surface area contributed by atoms with Gasteiger partial charge >= 0.3 is 0 Å². The first-order valence-electron chi connectivity index (χ1n) is 4.81. The van der Waals surface area contributed by atoms with Crippen LogP contribution in [-0.2, 0) is 0 Å². The number of H-pyrrole nitrogens is 1. The third-order valence-electron chi connectivity index (χ3n) is 2.28. The molecule has 0 atom stereocenters. The van der Waals surface area contributed by atoms with Gasteiger partial charge in [-0.3, -0.25) is 0 Å². The van der Waals surface area contributed by atoms with E-state index in [9.17, 15) is 0 Å². The molecule has 3 aromatic rings. The van der Waals surface area contributed by atoms with Gasteiger partial charge in [-0.15, -0.1) is 11.3 Å². The van der Waals surface area contributed by atoms with Gasteiger partial charge in [0.25, 0.3) is 0 Å². The molecule has 0 aliphatic rings. The molecule has 3 heterocycles. The molecule has 4 nitrogen and oxygen atoms in total. The minimum atomic E-state index is 0.580. The van der Waals surface area contributed by atoms with Crippen LogP contribution in [0.25, 0.3) is 21.9 Å². The number of hydrogen-bond donors (Lipinski definition) is 1. The summed E-state index contributed by atoms with van der Waals surface area (Å²) in [6.07, 6.45) is 0. The van der Waals surface area contributed by atoms with Crippen LogP contribution in [0.5, 0.6) is 5.88 Å². The van der Waals surface area contributed by atoms with Crippen LogP contribution in [0.3, 0.4) is 0 Å². The monoisotopic (exact) mass is 231 g/mol. The number of thiophene rings is 1. The third kappa shape index (κ3) is 1.45. The van der Waals surface area contributed by atoms with Crippen LogP contribution in [0.2, 0.25) is 0 Å². The number of rotatable bonds is 2. The fourth-order valence-corrected chi connectivity index (χ4v) is 2.19. The van der Waals surface area contributed by atoms with Crippen molar-refractivity contribution < 1.29 is 4.74 Å². The summed E-state index contributed by atoms with van der Waals surface area (Å²) in [6, 6.07) is 7.77. The molecule has 5 heteroatoms. The molecule has 1 N–H and O–H groups in total. The van der Waals surface area contributed by atoms with Gasteiger partial charge in [-0.2, -0.15) is 4.98 Å². The van der Waals surface area contributed by atoms with Crippen LogP contribution in [0.15, 0.2) is 29.6 Å². The molecule has 0 aliphatic carbocycles. The molecule has 80 valence electrons. The van der Waals surface area contributed by atoms with Crippen LogP contribution in [0.1, 0.15) is 0 Å². The molecular weight excluding hydrogens is 222 g/mol. The van der Waals surface area contributed by atoms with Crippen molar-refractivity contribution in [3.05, 3.63) is 29.6 Å². The average molecular weight is 231 g/mol. The topological polar surface area (TPSA) is 50.8 Å². The Balaban J connectivity index is 2.16. The van der Waals surface area contributed by atoms with Gasteiger partial charge in [-0.1, -0.05) is 6.07 Å². The molecule has 3 rings (SSSR count). The summed E-state index contributed by atoms with van der Waals surface area (Å²) < 4.78 is 5.06. The van der Waals surface area contributed by atoms with Crippen molar-refractivity contribution in [1.82, 2.24) is 15.0 Å². The predicted octanol–water partition coefficient (Wildman–Crippen LogP) is 2.70. The number of nitrogens with zero attached hydrogens (tertiary/aromatic N) is 2. The number of ether oxygens (including phenoxy) is 1. The maximum Gasteiger partial charge on any atom is 0.215 e. The first-order chi connectivity index (χ1) is 7.86. The normalized spacial score (nSPS) is 10.8. The summed E-state index contributed by atoms with van der Waals surface area (Å²) >= 11 is 1.65. The summed E-state index contributed by atoms with van der Waals surface area (Å²) in [7, 11) is 1.60. The van der Waals surface area contributed by atoms with Crippen LogP contribution in [0.4, 0.5) is 0 Å². The minimum Gasteiger partial charge on any atom is -0.481 e. The van der Waals surface area contributed by atoms with E-state index in [2.05, 4.69) is 15.0 Å². The van der Waals surface area contributed by atoms with Crippen molar-refractivity contribution in [2.75, 3.05) is 7.11 Å². The van der Waals surface area contributed by atoms with Crippen molar-refractivity contribution in [3.63, 3.8) is 0 Å². The lowest BCUT2D eigenvalue weighted by molar-refractivity contribution is 0.399. The molecule has 0 spiro atoms. The van der Waals surface area contributed by atoms with E-state index in [0.717, 1.165) is 16.2 Å². The molecule has 0 saturated heterocycles. The summed E-state index contributed by atoms with van der Waals surface area (Å²) in [6.45, 7) is 0. The van der Waals surface area contributed by atoms with Crippen molar-refractivity contribution in [2.24, 2.45) is 0 Å². The van der Waals surface area contributed by atoms with Crippen molar-refractivity contribution in [1.29, 1.82) is 0 Å². The van der Waals surface area contributed by atoms with Crippen LogP contribution >= 0.6 is 11.3 Å². The van der Waals surface area contributed by atoms with Crippen molar-refractivity contribution in [2.45, 2.75) is 0 Å². The van der Waals surface area contributed by atoms with Gasteiger partial charge in [0.1, 0.15) is 0 Å².